The molecule has 2 unspecified atom stereocenters. The summed E-state index contributed by atoms with van der Waals surface area (Å²) in [6.45, 7) is 2.26. The highest BCUT2D eigenvalue weighted by Crippen LogP contribution is 2.35. The zero-order chi connectivity index (χ0) is 31.3. The van der Waals surface area contributed by atoms with Crippen molar-refractivity contribution in [3.8, 4) is 0 Å². The molecule has 0 rings (SSSR count). The molecule has 40 heavy (non-hydrogen) atoms. The number of aliphatic hydroxyl groups excluding tert-OH is 2. The molecular formula is C24H40F10O6. The van der Waals surface area contributed by atoms with Crippen LogP contribution in [0.5, 0.6) is 0 Å². The highest BCUT2D eigenvalue weighted by atomic mass is 19.4. The van der Waals surface area contributed by atoms with E-state index in [0.29, 0.717) is 0 Å². The van der Waals surface area contributed by atoms with E-state index in [1.807, 2.05) is 0 Å². The van der Waals surface area contributed by atoms with E-state index in [4.69, 9.17) is 18.9 Å². The average molecular weight is 615 g/mol. The Balaban J connectivity index is 4.32. The van der Waals surface area contributed by atoms with Crippen molar-refractivity contribution in [2.24, 2.45) is 16.7 Å². The van der Waals surface area contributed by atoms with Gasteiger partial charge in [0, 0.05) is 29.6 Å². The molecule has 0 saturated carbocycles. The van der Waals surface area contributed by atoms with Gasteiger partial charge < -0.3 is 29.2 Å². The van der Waals surface area contributed by atoms with Gasteiger partial charge in [0.25, 0.3) is 11.8 Å². The molecule has 16 heteroatoms. The molecule has 0 aromatic rings. The Bertz CT molecular complexity index is 636. The first kappa shape index (κ1) is 39.1. The molecule has 242 valence electrons. The second-order valence-electron chi connectivity index (χ2n) is 11.0. The zero-order valence-electron chi connectivity index (χ0n) is 22.8. The van der Waals surface area contributed by atoms with Crippen LogP contribution in [0.2, 0.25) is 0 Å². The van der Waals surface area contributed by atoms with Crippen molar-refractivity contribution < 1.29 is 73.1 Å². The first-order valence-corrected chi connectivity index (χ1v) is 12.5. The lowest BCUT2D eigenvalue weighted by atomic mass is 9.94. The fourth-order valence-electron chi connectivity index (χ4n) is 3.17. The molecule has 0 saturated heterocycles. The quantitative estimate of drug-likeness (QED) is 0.121. The lowest BCUT2D eigenvalue weighted by Crippen LogP contribution is -2.36. The molecule has 0 bridgehead atoms. The van der Waals surface area contributed by atoms with E-state index in [1.54, 1.807) is 6.92 Å². The predicted octanol–water partition coefficient (Wildman–Crippen LogP) is 5.64. The average Bonchev–Trinajstić information content (AvgIpc) is 2.76. The standard InChI is InChI=1S/C24H40F10O6/c1-18(8-39-16-19(2,12-35)14-37-6-4-21(25,26)10-23(29,30)31)9-40-17-20(3,13-36)15-38-7-5-22(27,28)11-24(32,33)34/h18,35-36H,4-17H2,1-3H3. The summed E-state index contributed by atoms with van der Waals surface area (Å²) in [4.78, 5) is 0. The maximum Gasteiger partial charge on any atom is 0.394 e. The predicted molar refractivity (Wildman–Crippen MR) is 123 cm³/mol. The third kappa shape index (κ3) is 20.0. The molecule has 0 heterocycles. The van der Waals surface area contributed by atoms with Gasteiger partial charge in [0.05, 0.1) is 66.1 Å². The van der Waals surface area contributed by atoms with Crippen LogP contribution in [0, 0.1) is 16.7 Å². The Hall–Kier alpha value is -0.940. The fraction of sp³-hybridized carbons (Fsp3) is 1.00. The molecule has 0 aromatic heterocycles. The molecule has 0 aliphatic heterocycles. The second kappa shape index (κ2) is 16.6. The van der Waals surface area contributed by atoms with Crippen molar-refractivity contribution in [3.63, 3.8) is 0 Å². The highest BCUT2D eigenvalue weighted by molar-refractivity contribution is 4.76. The summed E-state index contributed by atoms with van der Waals surface area (Å²) < 4.78 is 147. The summed E-state index contributed by atoms with van der Waals surface area (Å²) >= 11 is 0. The fourth-order valence-corrected chi connectivity index (χ4v) is 3.17. The van der Waals surface area contributed by atoms with Gasteiger partial charge in [0.2, 0.25) is 0 Å². The van der Waals surface area contributed by atoms with E-state index in [2.05, 4.69) is 0 Å². The van der Waals surface area contributed by atoms with E-state index in [1.165, 1.54) is 13.8 Å². The van der Waals surface area contributed by atoms with Crippen molar-refractivity contribution in [2.75, 3.05) is 66.1 Å². The van der Waals surface area contributed by atoms with Crippen LogP contribution in [-0.2, 0) is 18.9 Å². The Morgan fingerprint density at radius 3 is 1.12 bits per heavy atom. The SMILES string of the molecule is CC(COCC(C)(CO)COCCC(F)(F)CC(F)(F)F)COCC(C)(CO)COCCC(F)(F)CC(F)(F)F. The van der Waals surface area contributed by atoms with Crippen molar-refractivity contribution in [2.45, 2.75) is 70.7 Å². The second-order valence-corrected chi connectivity index (χ2v) is 11.0. The maximum absolute atomic E-state index is 13.3. The molecule has 0 radical (unpaired) electrons. The van der Waals surface area contributed by atoms with Crippen LogP contribution in [0.4, 0.5) is 43.9 Å². The van der Waals surface area contributed by atoms with E-state index in [-0.39, 0.29) is 45.6 Å². The van der Waals surface area contributed by atoms with Gasteiger partial charge >= 0.3 is 12.4 Å². The Labute approximate surface area is 227 Å². The van der Waals surface area contributed by atoms with Gasteiger partial charge in [0.1, 0.15) is 12.8 Å². The largest absolute Gasteiger partial charge is 0.396 e. The number of alkyl halides is 10. The van der Waals surface area contributed by atoms with Gasteiger partial charge in [-0.3, -0.25) is 0 Å². The minimum absolute atomic E-state index is 0.0616. The Kier molecular flexibility index (Phi) is 16.2. The van der Waals surface area contributed by atoms with Gasteiger partial charge in [-0.25, -0.2) is 17.6 Å². The van der Waals surface area contributed by atoms with Gasteiger partial charge in [0.15, 0.2) is 0 Å². The number of halogens is 10. The minimum Gasteiger partial charge on any atom is -0.396 e. The number of aliphatic hydroxyl groups is 2. The zero-order valence-corrected chi connectivity index (χ0v) is 22.8. The summed E-state index contributed by atoms with van der Waals surface area (Å²) in [6.07, 6.45) is -16.8. The third-order valence-electron chi connectivity index (χ3n) is 5.51. The minimum atomic E-state index is -5.01. The lowest BCUT2D eigenvalue weighted by Gasteiger charge is -2.29. The van der Waals surface area contributed by atoms with Crippen molar-refractivity contribution in [1.29, 1.82) is 0 Å². The van der Waals surface area contributed by atoms with Crippen LogP contribution < -0.4 is 0 Å². The summed E-state index contributed by atoms with van der Waals surface area (Å²) in [5.74, 6) is -8.15. The lowest BCUT2D eigenvalue weighted by molar-refractivity contribution is -0.194. The van der Waals surface area contributed by atoms with Crippen LogP contribution in [0.25, 0.3) is 0 Å². The molecule has 2 atom stereocenters. The summed E-state index contributed by atoms with van der Waals surface area (Å²) in [7, 11) is 0. The number of hydrogen-bond donors (Lipinski definition) is 2. The molecule has 0 fully saturated rings. The monoisotopic (exact) mass is 614 g/mol. The first-order chi connectivity index (χ1) is 18.1. The molecular weight excluding hydrogens is 574 g/mol. The summed E-state index contributed by atoms with van der Waals surface area (Å²) in [5, 5.41) is 19.2. The van der Waals surface area contributed by atoms with E-state index in [9.17, 15) is 54.1 Å². The molecule has 0 spiro atoms. The van der Waals surface area contributed by atoms with Crippen molar-refractivity contribution >= 4 is 0 Å². The Morgan fingerprint density at radius 2 is 0.850 bits per heavy atom. The van der Waals surface area contributed by atoms with Gasteiger partial charge in [-0.2, -0.15) is 26.3 Å². The third-order valence-corrected chi connectivity index (χ3v) is 5.51. The molecule has 0 aromatic carbocycles. The topological polar surface area (TPSA) is 77.4 Å². The molecule has 0 aliphatic rings. The van der Waals surface area contributed by atoms with Gasteiger partial charge in [-0.05, 0) is 0 Å². The molecule has 0 amide bonds. The van der Waals surface area contributed by atoms with Gasteiger partial charge in [-0.15, -0.1) is 0 Å². The first-order valence-electron chi connectivity index (χ1n) is 12.5. The number of hydrogen-bond acceptors (Lipinski definition) is 6. The van der Waals surface area contributed by atoms with Crippen LogP contribution in [0.1, 0.15) is 46.5 Å². The summed E-state index contributed by atoms with van der Waals surface area (Å²) in [6, 6.07) is 0. The number of rotatable bonds is 22. The van der Waals surface area contributed by atoms with Crippen LogP contribution in [-0.4, -0.2) is 100 Å². The van der Waals surface area contributed by atoms with E-state index < -0.39 is 87.1 Å². The van der Waals surface area contributed by atoms with Crippen LogP contribution >= 0.6 is 0 Å². The molecule has 2 N–H and O–H groups in total. The van der Waals surface area contributed by atoms with E-state index in [0.717, 1.165) is 0 Å². The maximum atomic E-state index is 13.3. The smallest absolute Gasteiger partial charge is 0.394 e. The van der Waals surface area contributed by atoms with E-state index >= 15 is 0 Å². The molecule has 6 nitrogen and oxygen atoms in total. The van der Waals surface area contributed by atoms with Crippen molar-refractivity contribution in [1.82, 2.24) is 0 Å². The van der Waals surface area contributed by atoms with Crippen LogP contribution in [0.15, 0.2) is 0 Å². The van der Waals surface area contributed by atoms with Crippen LogP contribution in [0.3, 0.4) is 0 Å². The van der Waals surface area contributed by atoms with Crippen molar-refractivity contribution in [3.05, 3.63) is 0 Å². The van der Waals surface area contributed by atoms with Gasteiger partial charge in [-0.1, -0.05) is 20.8 Å². The normalized spacial score (nSPS) is 17.5. The Morgan fingerprint density at radius 1 is 0.550 bits per heavy atom. The highest BCUT2D eigenvalue weighted by Gasteiger charge is 2.44. The number of ether oxygens (including phenoxy) is 4. The summed E-state index contributed by atoms with van der Waals surface area (Å²) in [5.41, 5.74) is -2.02. The molecule has 0 aliphatic carbocycles.